The van der Waals surface area contributed by atoms with Crippen molar-refractivity contribution >= 4 is 11.0 Å². The van der Waals surface area contributed by atoms with Crippen molar-refractivity contribution in [1.82, 2.24) is 9.97 Å². The monoisotopic (exact) mass is 174 g/mol. The second kappa shape index (κ2) is 2.49. The van der Waals surface area contributed by atoms with Crippen LogP contribution in [0, 0.1) is 0 Å². The summed E-state index contributed by atoms with van der Waals surface area (Å²) in [6.45, 7) is 0.825. The van der Waals surface area contributed by atoms with Gasteiger partial charge < -0.3 is 9.72 Å². The van der Waals surface area contributed by atoms with Crippen molar-refractivity contribution in [1.29, 1.82) is 0 Å². The first-order valence-corrected chi connectivity index (χ1v) is 4.53. The Morgan fingerprint density at radius 3 is 3.38 bits per heavy atom. The van der Waals surface area contributed by atoms with Crippen LogP contribution in [0.5, 0.6) is 5.75 Å². The molecule has 0 spiro atoms. The Morgan fingerprint density at radius 1 is 1.38 bits per heavy atom. The number of aromatic nitrogens is 2. The Morgan fingerprint density at radius 2 is 2.38 bits per heavy atom. The number of imidazole rings is 1. The number of aromatic amines is 1. The van der Waals surface area contributed by atoms with Gasteiger partial charge in [-0.1, -0.05) is 6.07 Å². The molecule has 1 aromatic carbocycles. The van der Waals surface area contributed by atoms with Crippen molar-refractivity contribution in [2.45, 2.75) is 12.8 Å². The van der Waals surface area contributed by atoms with Crippen molar-refractivity contribution in [3.8, 4) is 5.75 Å². The van der Waals surface area contributed by atoms with Crippen LogP contribution >= 0.6 is 0 Å². The van der Waals surface area contributed by atoms with Gasteiger partial charge in [-0.25, -0.2) is 4.98 Å². The first-order valence-electron chi connectivity index (χ1n) is 4.53. The normalized spacial score (nSPS) is 15.4. The maximum absolute atomic E-state index is 5.62. The van der Waals surface area contributed by atoms with Gasteiger partial charge in [0.05, 0.1) is 18.5 Å². The van der Waals surface area contributed by atoms with E-state index in [4.69, 9.17) is 4.74 Å². The largest absolute Gasteiger partial charge is 0.491 e. The lowest BCUT2D eigenvalue weighted by atomic mass is 10.1. The van der Waals surface area contributed by atoms with Crippen LogP contribution in [0.25, 0.3) is 11.0 Å². The molecule has 3 nitrogen and oxygen atoms in total. The third-order valence-corrected chi connectivity index (χ3v) is 2.47. The Hall–Kier alpha value is -1.51. The van der Waals surface area contributed by atoms with E-state index in [2.05, 4.69) is 16.0 Å². The standard InChI is InChI=1S/C10H10N2O/c1-2-7-3-4-8-9(12-6-11-8)10(7)13-5-1/h3-4,6H,1-2,5H2,(H,11,12). The van der Waals surface area contributed by atoms with Crippen LogP contribution in [0.3, 0.4) is 0 Å². The smallest absolute Gasteiger partial charge is 0.148 e. The summed E-state index contributed by atoms with van der Waals surface area (Å²) < 4.78 is 5.62. The Kier molecular flexibility index (Phi) is 1.33. The SMILES string of the molecule is c1nc2ccc3c(c2[nH]1)OCCC3. The van der Waals surface area contributed by atoms with Crippen LogP contribution in [0.15, 0.2) is 18.5 Å². The number of rotatable bonds is 0. The van der Waals surface area contributed by atoms with E-state index in [0.29, 0.717) is 0 Å². The number of hydrogen-bond donors (Lipinski definition) is 1. The molecule has 1 aliphatic heterocycles. The van der Waals surface area contributed by atoms with Crippen molar-refractivity contribution in [3.05, 3.63) is 24.0 Å². The third kappa shape index (κ3) is 0.932. The quantitative estimate of drug-likeness (QED) is 0.662. The van der Waals surface area contributed by atoms with Gasteiger partial charge in [0.1, 0.15) is 11.3 Å². The molecule has 2 heterocycles. The maximum atomic E-state index is 5.62. The van der Waals surface area contributed by atoms with E-state index >= 15 is 0 Å². The highest BCUT2D eigenvalue weighted by Crippen LogP contribution is 2.31. The third-order valence-electron chi connectivity index (χ3n) is 2.47. The molecule has 3 heteroatoms. The highest BCUT2D eigenvalue weighted by atomic mass is 16.5. The number of H-pyrrole nitrogens is 1. The molecule has 0 saturated heterocycles. The minimum absolute atomic E-state index is 0.825. The lowest BCUT2D eigenvalue weighted by Crippen LogP contribution is -2.08. The van der Waals surface area contributed by atoms with Gasteiger partial charge in [-0.05, 0) is 24.5 Å². The zero-order chi connectivity index (χ0) is 8.67. The molecule has 1 aliphatic rings. The summed E-state index contributed by atoms with van der Waals surface area (Å²) >= 11 is 0. The minimum Gasteiger partial charge on any atom is -0.491 e. The molecule has 0 amide bonds. The second-order valence-electron chi connectivity index (χ2n) is 3.30. The summed E-state index contributed by atoms with van der Waals surface area (Å²) in [6.07, 6.45) is 3.94. The van der Waals surface area contributed by atoms with Gasteiger partial charge in [0, 0.05) is 0 Å². The summed E-state index contributed by atoms with van der Waals surface area (Å²) in [7, 11) is 0. The molecule has 1 aromatic heterocycles. The van der Waals surface area contributed by atoms with Gasteiger partial charge in [0.25, 0.3) is 0 Å². The molecule has 0 fully saturated rings. The fraction of sp³-hybridized carbons (Fsp3) is 0.300. The van der Waals surface area contributed by atoms with Crippen LogP contribution in [-0.2, 0) is 6.42 Å². The lowest BCUT2D eigenvalue weighted by molar-refractivity contribution is 0.291. The van der Waals surface area contributed by atoms with E-state index in [-0.39, 0.29) is 0 Å². The van der Waals surface area contributed by atoms with E-state index in [1.54, 1.807) is 6.33 Å². The fourth-order valence-electron chi connectivity index (χ4n) is 1.83. The first-order chi connectivity index (χ1) is 6.45. The molecular formula is C10H10N2O. The van der Waals surface area contributed by atoms with Crippen LogP contribution in [0.4, 0.5) is 0 Å². The van der Waals surface area contributed by atoms with Crippen LogP contribution < -0.4 is 4.74 Å². The molecule has 0 atom stereocenters. The molecule has 0 radical (unpaired) electrons. The highest BCUT2D eigenvalue weighted by molar-refractivity contribution is 5.83. The van der Waals surface area contributed by atoms with Crippen molar-refractivity contribution in [2.75, 3.05) is 6.61 Å². The Labute approximate surface area is 75.7 Å². The van der Waals surface area contributed by atoms with Crippen LogP contribution in [0.2, 0.25) is 0 Å². The number of nitrogens with one attached hydrogen (secondary N) is 1. The van der Waals surface area contributed by atoms with E-state index in [1.165, 1.54) is 5.56 Å². The summed E-state index contributed by atoms with van der Waals surface area (Å²) in [5, 5.41) is 0. The van der Waals surface area contributed by atoms with E-state index < -0.39 is 0 Å². The average molecular weight is 174 g/mol. The van der Waals surface area contributed by atoms with Gasteiger partial charge in [-0.15, -0.1) is 0 Å². The summed E-state index contributed by atoms with van der Waals surface area (Å²) in [5.41, 5.74) is 3.32. The molecule has 13 heavy (non-hydrogen) atoms. The van der Waals surface area contributed by atoms with Crippen LogP contribution in [-0.4, -0.2) is 16.6 Å². The van der Waals surface area contributed by atoms with Crippen molar-refractivity contribution in [3.63, 3.8) is 0 Å². The molecule has 1 N–H and O–H groups in total. The topological polar surface area (TPSA) is 37.9 Å². The molecule has 0 unspecified atom stereocenters. The fourth-order valence-corrected chi connectivity index (χ4v) is 1.83. The molecule has 0 aliphatic carbocycles. The number of aryl methyl sites for hydroxylation is 1. The molecule has 66 valence electrons. The average Bonchev–Trinajstić information content (AvgIpc) is 2.65. The van der Waals surface area contributed by atoms with Gasteiger partial charge in [-0.3, -0.25) is 0 Å². The lowest BCUT2D eigenvalue weighted by Gasteiger charge is -2.16. The predicted octanol–water partition coefficient (Wildman–Crippen LogP) is 1.89. The zero-order valence-electron chi connectivity index (χ0n) is 7.21. The zero-order valence-corrected chi connectivity index (χ0v) is 7.21. The van der Waals surface area contributed by atoms with Gasteiger partial charge in [0.2, 0.25) is 0 Å². The maximum Gasteiger partial charge on any atom is 0.148 e. The van der Waals surface area contributed by atoms with Gasteiger partial charge in [0.15, 0.2) is 0 Å². The first kappa shape index (κ1) is 6.95. The minimum atomic E-state index is 0.825. The molecule has 0 bridgehead atoms. The Balaban J connectivity index is 2.34. The number of benzene rings is 1. The van der Waals surface area contributed by atoms with Gasteiger partial charge >= 0.3 is 0 Å². The number of hydrogen-bond acceptors (Lipinski definition) is 2. The summed E-state index contributed by atoms with van der Waals surface area (Å²) in [6, 6.07) is 4.15. The predicted molar refractivity (Wildman–Crippen MR) is 49.9 cm³/mol. The number of nitrogens with zero attached hydrogens (tertiary/aromatic N) is 1. The van der Waals surface area contributed by atoms with Crippen molar-refractivity contribution in [2.24, 2.45) is 0 Å². The van der Waals surface area contributed by atoms with E-state index in [1.807, 2.05) is 6.07 Å². The summed E-state index contributed by atoms with van der Waals surface area (Å²) in [5.74, 6) is 1.00. The molecule has 3 rings (SSSR count). The second-order valence-corrected chi connectivity index (χ2v) is 3.30. The molecule has 2 aromatic rings. The number of ether oxygens (including phenoxy) is 1. The van der Waals surface area contributed by atoms with Gasteiger partial charge in [-0.2, -0.15) is 0 Å². The molecular weight excluding hydrogens is 164 g/mol. The Bertz CT molecular complexity index is 447. The highest BCUT2D eigenvalue weighted by Gasteiger charge is 2.14. The van der Waals surface area contributed by atoms with Crippen LogP contribution in [0.1, 0.15) is 12.0 Å². The number of fused-ring (bicyclic) bond motifs is 3. The van der Waals surface area contributed by atoms with E-state index in [0.717, 1.165) is 36.2 Å². The van der Waals surface area contributed by atoms with E-state index in [9.17, 15) is 0 Å². The van der Waals surface area contributed by atoms with Crippen molar-refractivity contribution < 1.29 is 4.74 Å². The molecule has 0 saturated carbocycles. The summed E-state index contributed by atoms with van der Waals surface area (Å²) in [4.78, 5) is 7.30.